The highest BCUT2D eigenvalue weighted by Gasteiger charge is 2.37. The van der Waals surface area contributed by atoms with Crippen molar-refractivity contribution in [1.82, 2.24) is 10.2 Å². The van der Waals surface area contributed by atoms with Crippen molar-refractivity contribution in [3.63, 3.8) is 0 Å². The van der Waals surface area contributed by atoms with E-state index in [1.807, 2.05) is 0 Å². The molecule has 1 atom stereocenters. The van der Waals surface area contributed by atoms with Crippen LogP contribution in [-0.4, -0.2) is 41.3 Å². The molecule has 0 saturated carbocycles. The Bertz CT molecular complexity index is 544. The number of carboxylic acids is 1. The maximum Gasteiger partial charge on any atom is 0.390 e. The minimum absolute atomic E-state index is 0.169. The Morgan fingerprint density at radius 1 is 1.48 bits per heavy atom. The fourth-order valence-electron chi connectivity index (χ4n) is 2.21. The smallest absolute Gasteiger partial charge is 0.390 e. The van der Waals surface area contributed by atoms with Crippen LogP contribution < -0.4 is 5.32 Å². The summed E-state index contributed by atoms with van der Waals surface area (Å²) in [5, 5.41) is 13.1. The van der Waals surface area contributed by atoms with Gasteiger partial charge in [-0.05, 0) is 23.4 Å². The molecule has 0 aromatic carbocycles. The van der Waals surface area contributed by atoms with Crippen molar-refractivity contribution in [3.8, 4) is 0 Å². The largest absolute Gasteiger partial charge is 0.479 e. The first kappa shape index (κ1) is 15.6. The molecule has 5 nitrogen and oxygen atoms in total. The zero-order valence-electron chi connectivity index (χ0n) is 10.8. The van der Waals surface area contributed by atoms with Gasteiger partial charge in [-0.15, -0.1) is 11.3 Å². The van der Waals surface area contributed by atoms with Gasteiger partial charge in [-0.2, -0.15) is 13.2 Å². The lowest BCUT2D eigenvalue weighted by molar-refractivity contribution is -0.143. The summed E-state index contributed by atoms with van der Waals surface area (Å²) in [5.41, 5.74) is 0.532. The van der Waals surface area contributed by atoms with E-state index in [2.05, 4.69) is 5.32 Å². The van der Waals surface area contributed by atoms with Crippen LogP contribution in [0.25, 0.3) is 0 Å². The van der Waals surface area contributed by atoms with Crippen molar-refractivity contribution in [1.29, 1.82) is 0 Å². The van der Waals surface area contributed by atoms with Gasteiger partial charge in [-0.25, -0.2) is 9.59 Å². The maximum absolute atomic E-state index is 12.1. The number of alkyl halides is 3. The van der Waals surface area contributed by atoms with Gasteiger partial charge in [-0.1, -0.05) is 0 Å². The van der Waals surface area contributed by atoms with Crippen LogP contribution in [-0.2, 0) is 11.2 Å². The van der Waals surface area contributed by atoms with E-state index in [-0.39, 0.29) is 6.54 Å². The average molecular weight is 322 g/mol. The predicted octanol–water partition coefficient (Wildman–Crippen LogP) is 2.39. The standard InChI is InChI=1S/C12H13F3N2O3S/c13-12(14,15)3-4-16-11(20)17-5-1-8-7(2-6-21-8)9(17)10(18)19/h2,6,9H,1,3-5H2,(H,16,20)(H,18,19). The Hall–Kier alpha value is -1.77. The van der Waals surface area contributed by atoms with Crippen molar-refractivity contribution in [3.05, 3.63) is 21.9 Å². The normalized spacial score (nSPS) is 18.2. The van der Waals surface area contributed by atoms with Crippen LogP contribution >= 0.6 is 11.3 Å². The molecule has 0 saturated heterocycles. The van der Waals surface area contributed by atoms with Gasteiger partial charge >= 0.3 is 18.2 Å². The highest BCUT2D eigenvalue weighted by Crippen LogP contribution is 2.33. The summed E-state index contributed by atoms with van der Waals surface area (Å²) < 4.78 is 36.2. The summed E-state index contributed by atoms with van der Waals surface area (Å²) in [6.07, 6.45) is -5.00. The SMILES string of the molecule is O=C(O)C1c2ccsc2CCN1C(=O)NCCC(F)(F)F. The number of urea groups is 1. The average Bonchev–Trinajstić information content (AvgIpc) is 2.83. The Kier molecular flexibility index (Phi) is 4.40. The first-order chi connectivity index (χ1) is 9.79. The number of carbonyl (C=O) groups is 2. The van der Waals surface area contributed by atoms with Gasteiger partial charge in [0.05, 0.1) is 6.42 Å². The molecule has 0 bridgehead atoms. The zero-order chi connectivity index (χ0) is 15.6. The molecule has 1 aromatic rings. The van der Waals surface area contributed by atoms with Crippen molar-refractivity contribution < 1.29 is 27.9 Å². The third kappa shape index (κ3) is 3.66. The quantitative estimate of drug-likeness (QED) is 0.898. The molecule has 0 fully saturated rings. The van der Waals surface area contributed by atoms with E-state index in [1.54, 1.807) is 11.4 Å². The first-order valence-corrected chi connectivity index (χ1v) is 7.08. The number of carboxylic acid groups (broad SMARTS) is 1. The van der Waals surface area contributed by atoms with Crippen molar-refractivity contribution in [2.24, 2.45) is 0 Å². The van der Waals surface area contributed by atoms with Gasteiger partial charge in [0.15, 0.2) is 6.04 Å². The van der Waals surface area contributed by atoms with Crippen LogP contribution in [0.15, 0.2) is 11.4 Å². The Labute approximate surface area is 122 Å². The molecule has 1 aliphatic heterocycles. The van der Waals surface area contributed by atoms with Crippen LogP contribution in [0.4, 0.5) is 18.0 Å². The molecule has 9 heteroatoms. The van der Waals surface area contributed by atoms with Crippen molar-refractivity contribution >= 4 is 23.3 Å². The Morgan fingerprint density at radius 2 is 2.19 bits per heavy atom. The molecule has 0 aliphatic carbocycles. The third-order valence-corrected chi connectivity index (χ3v) is 4.14. The minimum atomic E-state index is -4.36. The van der Waals surface area contributed by atoms with Crippen molar-refractivity contribution in [2.75, 3.05) is 13.1 Å². The molecule has 2 heterocycles. The van der Waals surface area contributed by atoms with Crippen LogP contribution in [0, 0.1) is 0 Å². The van der Waals surface area contributed by atoms with E-state index in [0.717, 1.165) is 9.78 Å². The molecule has 2 amide bonds. The molecule has 1 aromatic heterocycles. The summed E-state index contributed by atoms with van der Waals surface area (Å²) in [6.45, 7) is -0.399. The highest BCUT2D eigenvalue weighted by atomic mass is 32.1. The number of halogens is 3. The number of carbonyl (C=O) groups excluding carboxylic acids is 1. The summed E-state index contributed by atoms with van der Waals surface area (Å²) in [4.78, 5) is 25.2. The molecule has 1 aliphatic rings. The summed E-state index contributed by atoms with van der Waals surface area (Å²) in [6, 6.07) is -0.303. The van der Waals surface area contributed by atoms with Gasteiger partial charge < -0.3 is 15.3 Å². The Balaban J connectivity index is 2.05. The van der Waals surface area contributed by atoms with Gasteiger partial charge in [0.25, 0.3) is 0 Å². The molecule has 116 valence electrons. The minimum Gasteiger partial charge on any atom is -0.479 e. The first-order valence-electron chi connectivity index (χ1n) is 6.20. The fraction of sp³-hybridized carbons (Fsp3) is 0.500. The van der Waals surface area contributed by atoms with E-state index in [9.17, 15) is 27.9 Å². The molecular formula is C12H13F3N2O3S. The second-order valence-electron chi connectivity index (χ2n) is 4.58. The topological polar surface area (TPSA) is 69.6 Å². The van der Waals surface area contributed by atoms with Gasteiger partial charge in [0.2, 0.25) is 0 Å². The lowest BCUT2D eigenvalue weighted by Crippen LogP contribution is -2.48. The lowest BCUT2D eigenvalue weighted by atomic mass is 10.0. The van der Waals surface area contributed by atoms with Gasteiger partial charge in [0.1, 0.15) is 0 Å². The number of fused-ring (bicyclic) bond motifs is 1. The van der Waals surface area contributed by atoms with E-state index in [0.29, 0.717) is 12.0 Å². The van der Waals surface area contributed by atoms with E-state index < -0.39 is 37.2 Å². The lowest BCUT2D eigenvalue weighted by Gasteiger charge is -2.33. The van der Waals surface area contributed by atoms with Gasteiger partial charge in [0, 0.05) is 18.0 Å². The number of hydrogen-bond acceptors (Lipinski definition) is 3. The molecule has 2 N–H and O–H groups in total. The zero-order valence-corrected chi connectivity index (χ0v) is 11.6. The molecule has 2 rings (SSSR count). The summed E-state index contributed by atoms with van der Waals surface area (Å²) >= 11 is 1.41. The number of nitrogens with zero attached hydrogens (tertiary/aromatic N) is 1. The molecular weight excluding hydrogens is 309 g/mol. The van der Waals surface area contributed by atoms with Gasteiger partial charge in [-0.3, -0.25) is 0 Å². The van der Waals surface area contributed by atoms with Crippen LogP contribution in [0.3, 0.4) is 0 Å². The second-order valence-corrected chi connectivity index (χ2v) is 5.58. The predicted molar refractivity (Wildman–Crippen MR) is 69.2 cm³/mol. The van der Waals surface area contributed by atoms with Crippen molar-refractivity contribution in [2.45, 2.75) is 25.1 Å². The number of rotatable bonds is 3. The van der Waals surface area contributed by atoms with Crippen LogP contribution in [0.5, 0.6) is 0 Å². The summed E-state index contributed by atoms with van der Waals surface area (Å²) in [7, 11) is 0. The van der Waals surface area contributed by atoms with Crippen LogP contribution in [0.1, 0.15) is 22.9 Å². The highest BCUT2D eigenvalue weighted by molar-refractivity contribution is 7.10. The number of amides is 2. The monoisotopic (exact) mass is 322 g/mol. The molecule has 0 spiro atoms. The maximum atomic E-state index is 12.1. The molecule has 21 heavy (non-hydrogen) atoms. The van der Waals surface area contributed by atoms with E-state index in [1.165, 1.54) is 11.3 Å². The number of nitrogens with one attached hydrogen (secondary N) is 1. The molecule has 0 radical (unpaired) electrons. The van der Waals surface area contributed by atoms with E-state index >= 15 is 0 Å². The molecule has 1 unspecified atom stereocenters. The summed E-state index contributed by atoms with van der Waals surface area (Å²) in [5.74, 6) is -1.19. The Morgan fingerprint density at radius 3 is 2.81 bits per heavy atom. The third-order valence-electron chi connectivity index (χ3n) is 3.15. The second kappa shape index (κ2) is 5.92. The number of thiophene rings is 1. The number of hydrogen-bond donors (Lipinski definition) is 2. The van der Waals surface area contributed by atoms with Crippen LogP contribution in [0.2, 0.25) is 0 Å². The number of aliphatic carboxylic acids is 1. The fourth-order valence-corrected chi connectivity index (χ4v) is 3.12. The van der Waals surface area contributed by atoms with E-state index in [4.69, 9.17) is 0 Å².